The van der Waals surface area contributed by atoms with E-state index in [9.17, 15) is 9.90 Å². The van der Waals surface area contributed by atoms with Crippen molar-refractivity contribution in [3.8, 4) is 16.9 Å². The zero-order valence-corrected chi connectivity index (χ0v) is 13.3. The molecule has 0 spiro atoms. The molecule has 4 heteroatoms. The highest BCUT2D eigenvalue weighted by Gasteiger charge is 2.07. The van der Waals surface area contributed by atoms with Crippen LogP contribution in [0, 0.1) is 0 Å². The number of hydrogen-bond acceptors (Lipinski definition) is 4. The minimum absolute atomic E-state index is 0.232. The van der Waals surface area contributed by atoms with E-state index >= 15 is 0 Å². The molecule has 0 amide bonds. The molecule has 0 fully saturated rings. The van der Waals surface area contributed by atoms with Crippen molar-refractivity contribution in [2.75, 3.05) is 19.8 Å². The molecule has 0 radical (unpaired) electrons. The third kappa shape index (κ3) is 5.42. The molecule has 2 aromatic carbocycles. The average Bonchev–Trinajstić information content (AvgIpc) is 2.58. The van der Waals surface area contributed by atoms with Crippen LogP contribution in [0.4, 0.5) is 0 Å². The topological polar surface area (TPSA) is 55.8 Å². The van der Waals surface area contributed by atoms with Crippen LogP contribution in [0.3, 0.4) is 0 Å². The van der Waals surface area contributed by atoms with Gasteiger partial charge in [-0.2, -0.15) is 0 Å². The Morgan fingerprint density at radius 2 is 1.52 bits per heavy atom. The summed E-state index contributed by atoms with van der Waals surface area (Å²) in [5, 5.41) is 9.30. The van der Waals surface area contributed by atoms with Gasteiger partial charge in [-0.25, -0.2) is 4.79 Å². The lowest BCUT2D eigenvalue weighted by atomic mass is 10.0. The Labute approximate surface area is 136 Å². The molecule has 0 saturated heterocycles. The Balaban J connectivity index is 1.84. The summed E-state index contributed by atoms with van der Waals surface area (Å²) in [6.07, 6.45) is 2.11. The zero-order valence-electron chi connectivity index (χ0n) is 13.3. The fourth-order valence-electron chi connectivity index (χ4n) is 2.08. The van der Waals surface area contributed by atoms with Crippen LogP contribution in [-0.4, -0.2) is 30.9 Å². The van der Waals surface area contributed by atoms with Crippen molar-refractivity contribution in [2.45, 2.75) is 19.8 Å². The predicted octanol–water partition coefficient (Wildman–Crippen LogP) is 4.03. The number of phenolic OH excluding ortho intramolecular Hbond substituents is 1. The molecule has 2 aromatic rings. The number of ether oxygens (including phenoxy) is 2. The van der Waals surface area contributed by atoms with E-state index in [0.717, 1.165) is 24.0 Å². The van der Waals surface area contributed by atoms with Crippen LogP contribution in [0.1, 0.15) is 30.1 Å². The Kier molecular flexibility index (Phi) is 6.63. The number of rotatable bonds is 8. The van der Waals surface area contributed by atoms with E-state index in [1.54, 1.807) is 24.3 Å². The molecule has 122 valence electrons. The molecule has 0 atom stereocenters. The first-order valence-corrected chi connectivity index (χ1v) is 7.85. The van der Waals surface area contributed by atoms with Gasteiger partial charge in [0.25, 0.3) is 0 Å². The standard InChI is InChI=1S/C19H22O4/c1-2-3-12-22-13-14-23-19(21)17-6-4-15(5-7-17)16-8-10-18(20)11-9-16/h4-11,20H,2-3,12-14H2,1H3. The lowest BCUT2D eigenvalue weighted by molar-refractivity contribution is 0.0314. The predicted molar refractivity (Wildman–Crippen MR) is 89.6 cm³/mol. The molecule has 0 aliphatic rings. The van der Waals surface area contributed by atoms with Crippen molar-refractivity contribution >= 4 is 5.97 Å². The zero-order chi connectivity index (χ0) is 16.5. The first-order chi connectivity index (χ1) is 11.2. The van der Waals surface area contributed by atoms with Gasteiger partial charge >= 0.3 is 5.97 Å². The van der Waals surface area contributed by atoms with Gasteiger partial charge in [-0.1, -0.05) is 37.6 Å². The van der Waals surface area contributed by atoms with Crippen molar-refractivity contribution in [1.29, 1.82) is 0 Å². The molecule has 0 saturated carbocycles. The Hall–Kier alpha value is -2.33. The highest BCUT2D eigenvalue weighted by atomic mass is 16.6. The van der Waals surface area contributed by atoms with Gasteiger partial charge in [0, 0.05) is 6.61 Å². The normalized spacial score (nSPS) is 10.5. The molecule has 1 N–H and O–H groups in total. The number of benzene rings is 2. The average molecular weight is 314 g/mol. The Bertz CT molecular complexity index is 602. The van der Waals surface area contributed by atoms with Crippen LogP contribution in [0.15, 0.2) is 48.5 Å². The number of carbonyl (C=O) groups excluding carboxylic acids is 1. The summed E-state index contributed by atoms with van der Waals surface area (Å²) in [6.45, 7) is 3.50. The van der Waals surface area contributed by atoms with Gasteiger partial charge in [-0.15, -0.1) is 0 Å². The van der Waals surface area contributed by atoms with Crippen molar-refractivity contribution in [2.24, 2.45) is 0 Å². The number of phenols is 1. The number of aromatic hydroxyl groups is 1. The van der Waals surface area contributed by atoms with Crippen LogP contribution in [-0.2, 0) is 9.47 Å². The number of hydrogen-bond donors (Lipinski definition) is 1. The van der Waals surface area contributed by atoms with Crippen molar-refractivity contribution in [1.82, 2.24) is 0 Å². The van der Waals surface area contributed by atoms with Gasteiger partial charge in [0.1, 0.15) is 12.4 Å². The van der Waals surface area contributed by atoms with Gasteiger partial charge in [-0.3, -0.25) is 0 Å². The molecule has 23 heavy (non-hydrogen) atoms. The van der Waals surface area contributed by atoms with E-state index in [1.165, 1.54) is 0 Å². The maximum Gasteiger partial charge on any atom is 0.338 e. The highest BCUT2D eigenvalue weighted by Crippen LogP contribution is 2.22. The van der Waals surface area contributed by atoms with Crippen molar-refractivity contribution < 1.29 is 19.4 Å². The molecule has 0 aromatic heterocycles. The van der Waals surface area contributed by atoms with E-state index in [4.69, 9.17) is 9.47 Å². The van der Waals surface area contributed by atoms with Crippen LogP contribution < -0.4 is 0 Å². The molecule has 0 unspecified atom stereocenters. The van der Waals surface area contributed by atoms with E-state index in [2.05, 4.69) is 6.92 Å². The number of unbranched alkanes of at least 4 members (excludes halogenated alkanes) is 1. The SMILES string of the molecule is CCCCOCCOC(=O)c1ccc(-c2ccc(O)cc2)cc1. The fourth-order valence-corrected chi connectivity index (χ4v) is 2.08. The van der Waals surface area contributed by atoms with Crippen molar-refractivity contribution in [3.63, 3.8) is 0 Å². The second-order valence-corrected chi connectivity index (χ2v) is 5.23. The second-order valence-electron chi connectivity index (χ2n) is 5.23. The largest absolute Gasteiger partial charge is 0.508 e. The Morgan fingerprint density at radius 1 is 0.913 bits per heavy atom. The maximum absolute atomic E-state index is 11.9. The van der Waals surface area contributed by atoms with Gasteiger partial charge in [0.05, 0.1) is 12.2 Å². The summed E-state index contributed by atoms with van der Waals surface area (Å²) in [5.41, 5.74) is 2.47. The summed E-state index contributed by atoms with van der Waals surface area (Å²) < 4.78 is 10.5. The van der Waals surface area contributed by atoms with Crippen LogP contribution in [0.2, 0.25) is 0 Å². The van der Waals surface area contributed by atoms with E-state index in [0.29, 0.717) is 18.8 Å². The highest BCUT2D eigenvalue weighted by molar-refractivity contribution is 5.90. The number of carbonyl (C=O) groups is 1. The van der Waals surface area contributed by atoms with Gasteiger partial charge < -0.3 is 14.6 Å². The monoisotopic (exact) mass is 314 g/mol. The molecule has 0 aliphatic heterocycles. The van der Waals surface area contributed by atoms with Crippen LogP contribution >= 0.6 is 0 Å². The van der Waals surface area contributed by atoms with E-state index in [-0.39, 0.29) is 18.3 Å². The molecular weight excluding hydrogens is 292 g/mol. The van der Waals surface area contributed by atoms with Crippen LogP contribution in [0.5, 0.6) is 5.75 Å². The third-order valence-electron chi connectivity index (χ3n) is 3.42. The quantitative estimate of drug-likeness (QED) is 0.590. The molecular formula is C19H22O4. The number of esters is 1. The first-order valence-electron chi connectivity index (χ1n) is 7.85. The van der Waals surface area contributed by atoms with Gasteiger partial charge in [0.2, 0.25) is 0 Å². The minimum Gasteiger partial charge on any atom is -0.508 e. The second kappa shape index (κ2) is 8.96. The summed E-state index contributed by atoms with van der Waals surface area (Å²) in [7, 11) is 0. The molecule has 2 rings (SSSR count). The summed E-state index contributed by atoms with van der Waals surface area (Å²) in [6, 6.07) is 14.1. The fraction of sp³-hybridized carbons (Fsp3) is 0.316. The minimum atomic E-state index is -0.346. The molecule has 0 bridgehead atoms. The van der Waals surface area contributed by atoms with E-state index in [1.807, 2.05) is 24.3 Å². The lowest BCUT2D eigenvalue weighted by Gasteiger charge is -2.07. The van der Waals surface area contributed by atoms with Gasteiger partial charge in [-0.05, 0) is 41.8 Å². The molecule has 0 aliphatic carbocycles. The van der Waals surface area contributed by atoms with E-state index < -0.39 is 0 Å². The summed E-state index contributed by atoms with van der Waals surface area (Å²) >= 11 is 0. The third-order valence-corrected chi connectivity index (χ3v) is 3.42. The summed E-state index contributed by atoms with van der Waals surface area (Å²) in [5.74, 6) is -0.114. The maximum atomic E-state index is 11.9. The molecule has 4 nitrogen and oxygen atoms in total. The lowest BCUT2D eigenvalue weighted by Crippen LogP contribution is -2.11. The first kappa shape index (κ1) is 17.0. The van der Waals surface area contributed by atoms with Crippen molar-refractivity contribution in [3.05, 3.63) is 54.1 Å². The Morgan fingerprint density at radius 3 is 2.13 bits per heavy atom. The van der Waals surface area contributed by atoms with Crippen LogP contribution in [0.25, 0.3) is 11.1 Å². The molecule has 0 heterocycles. The summed E-state index contributed by atoms with van der Waals surface area (Å²) in [4.78, 5) is 11.9. The van der Waals surface area contributed by atoms with Gasteiger partial charge in [0.15, 0.2) is 0 Å². The smallest absolute Gasteiger partial charge is 0.338 e.